The second-order valence-corrected chi connectivity index (χ2v) is 6.85. The van der Waals surface area contributed by atoms with Crippen LogP contribution < -0.4 is 5.32 Å². The van der Waals surface area contributed by atoms with Gasteiger partial charge in [0.15, 0.2) is 0 Å². The second kappa shape index (κ2) is 5.86. The van der Waals surface area contributed by atoms with E-state index < -0.39 is 0 Å². The third kappa shape index (κ3) is 2.63. The fourth-order valence-corrected chi connectivity index (χ4v) is 3.91. The summed E-state index contributed by atoms with van der Waals surface area (Å²) in [5.41, 5.74) is 1.24. The van der Waals surface area contributed by atoms with E-state index in [0.29, 0.717) is 11.9 Å². The highest BCUT2D eigenvalue weighted by Gasteiger charge is 2.43. The van der Waals surface area contributed by atoms with Gasteiger partial charge in [-0.25, -0.2) is 0 Å². The summed E-state index contributed by atoms with van der Waals surface area (Å²) in [6.07, 6.45) is 5.90. The molecule has 0 radical (unpaired) electrons. The third-order valence-electron chi connectivity index (χ3n) is 4.62. The predicted molar refractivity (Wildman–Crippen MR) is 82.5 cm³/mol. The van der Waals surface area contributed by atoms with Crippen molar-refractivity contribution in [3.8, 4) is 0 Å². The van der Waals surface area contributed by atoms with Crippen LogP contribution in [0.15, 0.2) is 16.8 Å². The maximum absolute atomic E-state index is 12.7. The molecule has 0 aromatic carbocycles. The number of amides is 1. The van der Waals surface area contributed by atoms with Gasteiger partial charge in [-0.1, -0.05) is 26.7 Å². The zero-order chi connectivity index (χ0) is 14.1. The molecule has 3 nitrogen and oxygen atoms in total. The molecular formula is C16H24N2OS. The Hall–Kier alpha value is -0.870. The Morgan fingerprint density at radius 2 is 2.25 bits per heavy atom. The summed E-state index contributed by atoms with van der Waals surface area (Å²) in [5.74, 6) is 1.16. The Bertz CT molecular complexity index is 455. The summed E-state index contributed by atoms with van der Waals surface area (Å²) in [6, 6.07) is 2.53. The van der Waals surface area contributed by atoms with Gasteiger partial charge in [0.25, 0.3) is 0 Å². The van der Waals surface area contributed by atoms with Crippen LogP contribution in [0.25, 0.3) is 0 Å². The summed E-state index contributed by atoms with van der Waals surface area (Å²) in [7, 11) is 0. The molecule has 3 rings (SSSR count). The van der Waals surface area contributed by atoms with Crippen molar-refractivity contribution in [2.75, 3.05) is 0 Å². The average molecular weight is 292 g/mol. The number of hydrogen-bond acceptors (Lipinski definition) is 3. The number of thiophene rings is 1. The number of carbonyl (C=O) groups is 1. The summed E-state index contributed by atoms with van der Waals surface area (Å²) < 4.78 is 0. The first kappa shape index (κ1) is 14.1. The van der Waals surface area contributed by atoms with Crippen molar-refractivity contribution in [2.24, 2.45) is 5.92 Å². The molecule has 4 heteroatoms. The molecule has 1 N–H and O–H groups in total. The van der Waals surface area contributed by atoms with Crippen LogP contribution in [0.5, 0.6) is 0 Å². The molecule has 20 heavy (non-hydrogen) atoms. The van der Waals surface area contributed by atoms with Gasteiger partial charge in [-0.2, -0.15) is 11.3 Å². The van der Waals surface area contributed by atoms with Gasteiger partial charge < -0.3 is 4.90 Å². The number of nitrogens with zero attached hydrogens (tertiary/aromatic N) is 1. The monoisotopic (exact) mass is 292 g/mol. The van der Waals surface area contributed by atoms with E-state index >= 15 is 0 Å². The molecule has 1 amide bonds. The van der Waals surface area contributed by atoms with E-state index in [4.69, 9.17) is 0 Å². The van der Waals surface area contributed by atoms with Crippen LogP contribution in [0.3, 0.4) is 0 Å². The van der Waals surface area contributed by atoms with Gasteiger partial charge in [0.2, 0.25) is 5.91 Å². The lowest BCUT2D eigenvalue weighted by atomic mass is 10.0. The van der Waals surface area contributed by atoms with Crippen molar-refractivity contribution in [3.63, 3.8) is 0 Å². The van der Waals surface area contributed by atoms with E-state index in [1.807, 2.05) is 0 Å². The first-order chi connectivity index (χ1) is 9.74. The summed E-state index contributed by atoms with van der Waals surface area (Å²) in [4.78, 5) is 14.9. The van der Waals surface area contributed by atoms with E-state index in [1.54, 1.807) is 11.3 Å². The van der Waals surface area contributed by atoms with Gasteiger partial charge in [-0.15, -0.1) is 0 Å². The summed E-state index contributed by atoms with van der Waals surface area (Å²) in [5, 5.41) is 7.80. The normalized spacial score (nSPS) is 28.1. The van der Waals surface area contributed by atoms with Crippen molar-refractivity contribution in [1.82, 2.24) is 10.2 Å². The molecule has 1 aromatic rings. The van der Waals surface area contributed by atoms with Crippen LogP contribution in [-0.4, -0.2) is 22.9 Å². The Kier molecular flexibility index (Phi) is 4.13. The van der Waals surface area contributed by atoms with Crippen LogP contribution in [0.4, 0.5) is 0 Å². The van der Waals surface area contributed by atoms with Crippen LogP contribution in [0.2, 0.25) is 0 Å². The molecule has 1 saturated carbocycles. The number of rotatable bonds is 6. The van der Waals surface area contributed by atoms with Gasteiger partial charge >= 0.3 is 0 Å². The van der Waals surface area contributed by atoms with Crippen molar-refractivity contribution in [3.05, 3.63) is 22.4 Å². The zero-order valence-corrected chi connectivity index (χ0v) is 13.2. The smallest absolute Gasteiger partial charge is 0.241 e. The van der Waals surface area contributed by atoms with E-state index in [2.05, 4.69) is 40.9 Å². The Morgan fingerprint density at radius 3 is 2.80 bits per heavy atom. The zero-order valence-electron chi connectivity index (χ0n) is 12.3. The van der Waals surface area contributed by atoms with Gasteiger partial charge in [0.05, 0.1) is 6.04 Å². The van der Waals surface area contributed by atoms with Crippen LogP contribution in [0, 0.1) is 5.92 Å². The van der Waals surface area contributed by atoms with Crippen molar-refractivity contribution in [2.45, 2.75) is 64.2 Å². The van der Waals surface area contributed by atoms with E-state index in [-0.39, 0.29) is 12.2 Å². The molecule has 0 bridgehead atoms. The van der Waals surface area contributed by atoms with Gasteiger partial charge in [-0.05, 0) is 47.6 Å². The third-order valence-corrected chi connectivity index (χ3v) is 5.33. The maximum atomic E-state index is 12.7. The first-order valence-corrected chi connectivity index (χ1v) is 8.79. The average Bonchev–Trinajstić information content (AvgIpc) is 2.99. The standard InChI is InChI=1S/C16H24N2OS/c1-3-13(9-11-5-6-11)18-15(12-7-8-20-10-12)17-14(4-2)16(18)19/h7-8,10-11,13-15,17H,3-6,9H2,1-2H3. The molecule has 3 unspecified atom stereocenters. The fraction of sp³-hybridized carbons (Fsp3) is 0.688. The molecule has 0 spiro atoms. The molecule has 3 atom stereocenters. The van der Waals surface area contributed by atoms with Crippen LogP contribution in [0.1, 0.15) is 57.7 Å². The number of nitrogens with one attached hydrogen (secondary N) is 1. The minimum absolute atomic E-state index is 0.00634. The van der Waals surface area contributed by atoms with Gasteiger partial charge in [-0.3, -0.25) is 10.1 Å². The van der Waals surface area contributed by atoms with Crippen LogP contribution in [-0.2, 0) is 4.79 Å². The molecule has 110 valence electrons. The highest BCUT2D eigenvalue weighted by atomic mass is 32.1. The minimum Gasteiger partial charge on any atom is -0.319 e. The van der Waals surface area contributed by atoms with Crippen molar-refractivity contribution in [1.29, 1.82) is 0 Å². The fourth-order valence-electron chi connectivity index (χ4n) is 3.24. The summed E-state index contributed by atoms with van der Waals surface area (Å²) >= 11 is 1.71. The van der Waals surface area contributed by atoms with Crippen molar-refractivity contribution < 1.29 is 4.79 Å². The SMILES string of the molecule is CCC1NC(c2ccsc2)N(C(CC)CC2CC2)C1=O. The Morgan fingerprint density at radius 1 is 1.45 bits per heavy atom. The van der Waals surface area contributed by atoms with Crippen LogP contribution >= 0.6 is 11.3 Å². The first-order valence-electron chi connectivity index (χ1n) is 7.84. The Labute approximate surface area is 125 Å². The number of hydrogen-bond donors (Lipinski definition) is 1. The quantitative estimate of drug-likeness (QED) is 0.870. The van der Waals surface area contributed by atoms with Crippen molar-refractivity contribution >= 4 is 17.2 Å². The predicted octanol–water partition coefficient (Wildman–Crippen LogP) is 3.54. The van der Waals surface area contributed by atoms with Gasteiger partial charge in [0.1, 0.15) is 6.17 Å². The minimum atomic E-state index is -0.00634. The largest absolute Gasteiger partial charge is 0.319 e. The highest BCUT2D eigenvalue weighted by molar-refractivity contribution is 7.07. The van der Waals surface area contributed by atoms with E-state index in [1.165, 1.54) is 24.8 Å². The lowest BCUT2D eigenvalue weighted by Crippen LogP contribution is -2.40. The molecule has 2 heterocycles. The molecule has 1 aromatic heterocycles. The second-order valence-electron chi connectivity index (χ2n) is 6.07. The molecule has 2 fully saturated rings. The molecule has 1 aliphatic heterocycles. The molecular weight excluding hydrogens is 268 g/mol. The Balaban J connectivity index is 1.84. The van der Waals surface area contributed by atoms with E-state index in [0.717, 1.165) is 18.8 Å². The topological polar surface area (TPSA) is 32.3 Å². The lowest BCUT2D eigenvalue weighted by Gasteiger charge is -2.32. The van der Waals surface area contributed by atoms with Gasteiger partial charge in [0, 0.05) is 6.04 Å². The highest BCUT2D eigenvalue weighted by Crippen LogP contribution is 2.39. The maximum Gasteiger partial charge on any atom is 0.241 e. The van der Waals surface area contributed by atoms with E-state index in [9.17, 15) is 4.79 Å². The molecule has 2 aliphatic rings. The number of carbonyl (C=O) groups excluding carboxylic acids is 1. The molecule has 1 aliphatic carbocycles. The lowest BCUT2D eigenvalue weighted by molar-refractivity contribution is -0.132. The summed E-state index contributed by atoms with van der Waals surface area (Å²) in [6.45, 7) is 4.30. The molecule has 1 saturated heterocycles.